The lowest BCUT2D eigenvalue weighted by molar-refractivity contribution is -0.0304. The van der Waals surface area contributed by atoms with E-state index in [2.05, 4.69) is 26.8 Å². The lowest BCUT2D eigenvalue weighted by Gasteiger charge is -2.31. The van der Waals surface area contributed by atoms with Crippen molar-refractivity contribution in [3.63, 3.8) is 0 Å². The van der Waals surface area contributed by atoms with Crippen LogP contribution in [0.2, 0.25) is 5.02 Å². The van der Waals surface area contributed by atoms with Crippen LogP contribution in [0.1, 0.15) is 41.3 Å². The number of benzene rings is 2. The number of aryl methyl sites for hydroxylation is 3. The van der Waals surface area contributed by atoms with E-state index in [9.17, 15) is 9.90 Å². The van der Waals surface area contributed by atoms with Crippen molar-refractivity contribution in [3.05, 3.63) is 92.5 Å². The highest BCUT2D eigenvalue weighted by molar-refractivity contribution is 6.36. The number of anilines is 2. The Balaban J connectivity index is 1.23. The number of ether oxygens (including phenoxy) is 2. The van der Waals surface area contributed by atoms with Gasteiger partial charge in [-0.15, -0.1) is 0 Å². The number of halogens is 1. The van der Waals surface area contributed by atoms with Gasteiger partial charge in [-0.1, -0.05) is 41.9 Å². The summed E-state index contributed by atoms with van der Waals surface area (Å²) in [5, 5.41) is 23.5. The molecule has 0 bridgehead atoms. The normalized spacial score (nSPS) is 19.1. The zero-order chi connectivity index (χ0) is 32.8. The summed E-state index contributed by atoms with van der Waals surface area (Å²) in [5.74, 6) is 1.05. The third-order valence-electron chi connectivity index (χ3n) is 9.30. The second-order valence-electron chi connectivity index (χ2n) is 12.3. The molecule has 0 saturated carbocycles. The fourth-order valence-electron chi connectivity index (χ4n) is 6.85. The van der Waals surface area contributed by atoms with Gasteiger partial charge in [-0.3, -0.25) is 4.79 Å². The van der Waals surface area contributed by atoms with Gasteiger partial charge in [-0.25, -0.2) is 14.6 Å². The first-order chi connectivity index (χ1) is 22.7. The molecule has 11 heteroatoms. The van der Waals surface area contributed by atoms with Crippen molar-refractivity contribution in [2.24, 2.45) is 7.05 Å². The summed E-state index contributed by atoms with van der Waals surface area (Å²) in [4.78, 5) is 22.7. The van der Waals surface area contributed by atoms with Crippen molar-refractivity contribution in [2.75, 3.05) is 25.6 Å². The van der Waals surface area contributed by atoms with E-state index < -0.39 is 6.10 Å². The first-order valence-electron chi connectivity index (χ1n) is 15.8. The standard InChI is InChI=1S/C36H37ClN6O4/c1-19-15-22-17-38-43(3)36(45)32(22)34(39-19)41-26-10-6-7-23(20(26)2)24-8-5-9-25(33(24)37)29-16-21-11-12-28(31(21)35(42-29)46-4)40-27-13-14-47-18-30(27)44/h5-10,15-17,27-28,30,40,44H,11-14,18H2,1-4H3,(H,39,41)/t27-,28+,30+/m1/s1. The Bertz CT molecular complexity index is 2060. The Morgan fingerprint density at radius 3 is 2.66 bits per heavy atom. The maximum Gasteiger partial charge on any atom is 0.278 e. The minimum absolute atomic E-state index is 0.0357. The molecule has 5 aromatic rings. The predicted molar refractivity (Wildman–Crippen MR) is 184 cm³/mol. The lowest BCUT2D eigenvalue weighted by atomic mass is 9.96. The number of fused-ring (bicyclic) bond motifs is 2. The van der Waals surface area contributed by atoms with E-state index in [1.165, 1.54) is 4.68 Å². The topological polar surface area (TPSA) is 123 Å². The van der Waals surface area contributed by atoms with Gasteiger partial charge in [0.05, 0.1) is 42.1 Å². The highest BCUT2D eigenvalue weighted by Crippen LogP contribution is 2.43. The number of nitrogens with zero attached hydrogens (tertiary/aromatic N) is 4. The SMILES string of the molecule is COc1nc(-c2cccc(-c3cccc(Nc4nc(C)cc5cnn(C)c(=O)c45)c3C)c2Cl)cc2c1[C@@H](N[C@@H]1CCOC[C@@H]1O)CC2. The Morgan fingerprint density at radius 1 is 1.06 bits per heavy atom. The molecule has 4 heterocycles. The second kappa shape index (κ2) is 12.7. The fraction of sp³-hybridized carbons (Fsp3) is 0.333. The second-order valence-corrected chi connectivity index (χ2v) is 12.7. The molecule has 1 saturated heterocycles. The van der Waals surface area contributed by atoms with Gasteiger partial charge in [0.15, 0.2) is 0 Å². The molecule has 0 radical (unpaired) electrons. The molecule has 3 atom stereocenters. The van der Waals surface area contributed by atoms with Gasteiger partial charge < -0.3 is 25.2 Å². The molecule has 1 fully saturated rings. The molecule has 1 aliphatic carbocycles. The summed E-state index contributed by atoms with van der Waals surface area (Å²) in [6.45, 7) is 4.90. The summed E-state index contributed by atoms with van der Waals surface area (Å²) in [7, 11) is 3.27. The van der Waals surface area contributed by atoms with Gasteiger partial charge in [-0.2, -0.15) is 5.10 Å². The first kappa shape index (κ1) is 31.3. The Labute approximate surface area is 277 Å². The molecule has 0 spiro atoms. The molecule has 0 amide bonds. The predicted octanol–water partition coefficient (Wildman–Crippen LogP) is 5.81. The van der Waals surface area contributed by atoms with Crippen LogP contribution in [0.15, 0.2) is 59.5 Å². The lowest BCUT2D eigenvalue weighted by Crippen LogP contribution is -2.47. The molecule has 3 aromatic heterocycles. The number of nitrogens with one attached hydrogen (secondary N) is 2. The minimum Gasteiger partial charge on any atom is -0.481 e. The van der Waals surface area contributed by atoms with Crippen LogP contribution in [-0.2, 0) is 18.2 Å². The quantitative estimate of drug-likeness (QED) is 0.200. The fourth-order valence-corrected chi connectivity index (χ4v) is 7.17. The van der Waals surface area contributed by atoms with Crippen molar-refractivity contribution >= 4 is 33.9 Å². The van der Waals surface area contributed by atoms with E-state index in [-0.39, 0.29) is 17.6 Å². The number of hydrogen-bond donors (Lipinski definition) is 3. The first-order valence-corrected chi connectivity index (χ1v) is 16.2. The summed E-state index contributed by atoms with van der Waals surface area (Å²) in [6, 6.07) is 15.9. The van der Waals surface area contributed by atoms with Gasteiger partial charge >= 0.3 is 0 Å². The van der Waals surface area contributed by atoms with E-state index in [1.54, 1.807) is 20.4 Å². The van der Waals surface area contributed by atoms with Crippen LogP contribution in [0, 0.1) is 13.8 Å². The third kappa shape index (κ3) is 5.76. The van der Waals surface area contributed by atoms with Crippen molar-refractivity contribution in [3.8, 4) is 28.3 Å². The van der Waals surface area contributed by atoms with Gasteiger partial charge in [0.1, 0.15) is 5.82 Å². The molecule has 2 aliphatic rings. The van der Waals surface area contributed by atoms with Crippen molar-refractivity contribution in [1.29, 1.82) is 0 Å². The van der Waals surface area contributed by atoms with E-state index in [4.69, 9.17) is 26.1 Å². The summed E-state index contributed by atoms with van der Waals surface area (Å²) >= 11 is 7.20. The van der Waals surface area contributed by atoms with E-state index in [1.807, 2.05) is 56.3 Å². The molecular weight excluding hydrogens is 616 g/mol. The minimum atomic E-state index is -0.540. The molecular formula is C36H37ClN6O4. The molecule has 7 rings (SSSR count). The van der Waals surface area contributed by atoms with Crippen molar-refractivity contribution in [2.45, 2.75) is 51.3 Å². The number of rotatable bonds is 7. The van der Waals surface area contributed by atoms with Crippen LogP contribution in [0.25, 0.3) is 33.2 Å². The average Bonchev–Trinajstić information content (AvgIpc) is 3.47. The van der Waals surface area contributed by atoms with Gasteiger partial charge in [0.2, 0.25) is 5.88 Å². The number of aliphatic hydroxyl groups is 1. The monoisotopic (exact) mass is 652 g/mol. The molecule has 47 heavy (non-hydrogen) atoms. The number of pyridine rings is 2. The number of aliphatic hydroxyl groups excluding tert-OH is 1. The van der Waals surface area contributed by atoms with Crippen molar-refractivity contribution < 1.29 is 14.6 Å². The highest BCUT2D eigenvalue weighted by atomic mass is 35.5. The number of aromatic nitrogens is 4. The largest absolute Gasteiger partial charge is 0.481 e. The zero-order valence-electron chi connectivity index (χ0n) is 26.8. The average molecular weight is 653 g/mol. The summed E-state index contributed by atoms with van der Waals surface area (Å²) in [5.41, 5.74) is 7.89. The van der Waals surface area contributed by atoms with Crippen LogP contribution < -0.4 is 20.9 Å². The smallest absolute Gasteiger partial charge is 0.278 e. The number of hydrogen-bond acceptors (Lipinski definition) is 9. The van der Waals surface area contributed by atoms with E-state index in [0.29, 0.717) is 35.3 Å². The molecule has 1 aliphatic heterocycles. The van der Waals surface area contributed by atoms with Gasteiger partial charge in [-0.05, 0) is 68.0 Å². The molecule has 0 unspecified atom stereocenters. The van der Waals surface area contributed by atoms with Crippen LogP contribution in [0.5, 0.6) is 5.88 Å². The van der Waals surface area contributed by atoms with Gasteiger partial charge in [0, 0.05) is 59.2 Å². The summed E-state index contributed by atoms with van der Waals surface area (Å²) in [6.07, 6.45) is 3.65. The van der Waals surface area contributed by atoms with Crippen LogP contribution >= 0.6 is 11.6 Å². The maximum absolute atomic E-state index is 13.0. The van der Waals surface area contributed by atoms with E-state index in [0.717, 1.165) is 75.1 Å². The van der Waals surface area contributed by atoms with Gasteiger partial charge in [0.25, 0.3) is 5.56 Å². The number of methoxy groups -OCH3 is 1. The molecule has 3 N–H and O–H groups in total. The maximum atomic E-state index is 13.0. The molecule has 242 valence electrons. The van der Waals surface area contributed by atoms with Crippen LogP contribution in [0.3, 0.4) is 0 Å². The Kier molecular flexibility index (Phi) is 8.44. The van der Waals surface area contributed by atoms with Crippen LogP contribution in [-0.4, -0.2) is 57.3 Å². The molecule has 2 aromatic carbocycles. The van der Waals surface area contributed by atoms with Crippen molar-refractivity contribution in [1.82, 2.24) is 25.1 Å². The highest BCUT2D eigenvalue weighted by Gasteiger charge is 2.33. The molecule has 10 nitrogen and oxygen atoms in total. The third-order valence-corrected chi connectivity index (χ3v) is 9.71. The summed E-state index contributed by atoms with van der Waals surface area (Å²) < 4.78 is 12.6. The Hall–Kier alpha value is -4.35. The van der Waals surface area contributed by atoms with E-state index >= 15 is 0 Å². The Morgan fingerprint density at radius 2 is 1.85 bits per heavy atom. The van der Waals surface area contributed by atoms with Crippen LogP contribution in [0.4, 0.5) is 11.5 Å². The zero-order valence-corrected chi connectivity index (χ0v) is 27.6.